The highest BCUT2D eigenvalue weighted by Gasteiger charge is 2.19. The fourth-order valence-corrected chi connectivity index (χ4v) is 2.33. The molecule has 0 saturated carbocycles. The predicted octanol–water partition coefficient (Wildman–Crippen LogP) is 1.64. The third-order valence-electron chi connectivity index (χ3n) is 3.38. The molecule has 0 radical (unpaired) electrons. The van der Waals surface area contributed by atoms with Gasteiger partial charge in [0.15, 0.2) is 5.43 Å². The second-order valence-electron chi connectivity index (χ2n) is 4.64. The Balaban J connectivity index is 2.19. The van der Waals surface area contributed by atoms with E-state index in [0.717, 1.165) is 0 Å². The molecule has 1 aromatic heterocycles. The van der Waals surface area contributed by atoms with Gasteiger partial charge >= 0.3 is 0 Å². The molecule has 3 rings (SSSR count). The van der Waals surface area contributed by atoms with Crippen molar-refractivity contribution in [1.29, 1.82) is 0 Å². The first-order valence-electron chi connectivity index (χ1n) is 6.26. The Kier molecular flexibility index (Phi) is 2.91. The third kappa shape index (κ3) is 2.06. The van der Waals surface area contributed by atoms with E-state index in [-0.39, 0.29) is 11.2 Å². The van der Waals surface area contributed by atoms with Crippen molar-refractivity contribution in [2.45, 2.75) is 6.92 Å². The summed E-state index contributed by atoms with van der Waals surface area (Å²) < 4.78 is 11.1. The highest BCUT2D eigenvalue weighted by molar-refractivity contribution is 5.80. The molecule has 1 aliphatic rings. The molecule has 100 valence electrons. The van der Waals surface area contributed by atoms with Gasteiger partial charge in [-0.3, -0.25) is 4.79 Å². The molecule has 0 bridgehead atoms. The monoisotopic (exact) mass is 261 g/mol. The average molecular weight is 261 g/mol. The molecule has 5 heteroatoms. The van der Waals surface area contributed by atoms with Crippen LogP contribution in [0.25, 0.3) is 11.0 Å². The van der Waals surface area contributed by atoms with Gasteiger partial charge in [0.2, 0.25) is 5.88 Å². The molecule has 2 heterocycles. The molecule has 2 aromatic rings. The lowest BCUT2D eigenvalue weighted by atomic mass is 10.1. The highest BCUT2D eigenvalue weighted by atomic mass is 16.5. The largest absolute Gasteiger partial charge is 0.508 e. The predicted molar refractivity (Wildman–Crippen MR) is 71.9 cm³/mol. The van der Waals surface area contributed by atoms with Crippen LogP contribution < -0.4 is 10.3 Å². The summed E-state index contributed by atoms with van der Waals surface area (Å²) in [7, 11) is 0. The van der Waals surface area contributed by atoms with Crippen LogP contribution >= 0.6 is 0 Å². The summed E-state index contributed by atoms with van der Waals surface area (Å²) in [6, 6.07) is 4.56. The Morgan fingerprint density at radius 1 is 1.26 bits per heavy atom. The van der Waals surface area contributed by atoms with Crippen molar-refractivity contribution in [2.75, 3.05) is 31.2 Å². The van der Waals surface area contributed by atoms with E-state index in [2.05, 4.69) is 0 Å². The second kappa shape index (κ2) is 4.59. The maximum atomic E-state index is 12.3. The molecular formula is C14H15NO4. The minimum Gasteiger partial charge on any atom is -0.508 e. The highest BCUT2D eigenvalue weighted by Crippen LogP contribution is 2.26. The lowest BCUT2D eigenvalue weighted by Gasteiger charge is -2.28. The van der Waals surface area contributed by atoms with Gasteiger partial charge in [-0.05, 0) is 19.1 Å². The number of phenolic OH excluding ortho intramolecular Hbond substituents is 1. The van der Waals surface area contributed by atoms with Gasteiger partial charge in [0, 0.05) is 19.2 Å². The van der Waals surface area contributed by atoms with Crippen molar-refractivity contribution >= 4 is 16.9 Å². The van der Waals surface area contributed by atoms with Gasteiger partial charge in [0.05, 0.1) is 24.2 Å². The van der Waals surface area contributed by atoms with Gasteiger partial charge in [-0.2, -0.15) is 0 Å². The number of benzene rings is 1. The number of rotatable bonds is 1. The Morgan fingerprint density at radius 3 is 2.74 bits per heavy atom. The Labute approximate surface area is 110 Å². The van der Waals surface area contributed by atoms with E-state index in [0.29, 0.717) is 48.7 Å². The number of morpholine rings is 1. The normalized spacial score (nSPS) is 15.9. The van der Waals surface area contributed by atoms with Gasteiger partial charge in [-0.15, -0.1) is 0 Å². The summed E-state index contributed by atoms with van der Waals surface area (Å²) in [5.74, 6) is 0.666. The molecule has 0 unspecified atom stereocenters. The van der Waals surface area contributed by atoms with E-state index in [1.165, 1.54) is 12.1 Å². The second-order valence-corrected chi connectivity index (χ2v) is 4.64. The van der Waals surface area contributed by atoms with Crippen LogP contribution in [0.5, 0.6) is 5.75 Å². The molecule has 1 aliphatic heterocycles. The van der Waals surface area contributed by atoms with Crippen molar-refractivity contribution < 1.29 is 14.3 Å². The van der Waals surface area contributed by atoms with Crippen LogP contribution in [0.1, 0.15) is 5.56 Å². The van der Waals surface area contributed by atoms with E-state index >= 15 is 0 Å². The van der Waals surface area contributed by atoms with E-state index in [1.54, 1.807) is 13.0 Å². The molecule has 1 saturated heterocycles. The van der Waals surface area contributed by atoms with Gasteiger partial charge in [0.1, 0.15) is 11.3 Å². The fraction of sp³-hybridized carbons (Fsp3) is 0.357. The molecule has 1 N–H and O–H groups in total. The summed E-state index contributed by atoms with van der Waals surface area (Å²) in [5, 5.41) is 9.99. The summed E-state index contributed by atoms with van der Waals surface area (Å²) in [5.41, 5.74) is 0.958. The summed E-state index contributed by atoms with van der Waals surface area (Å²) in [6.07, 6.45) is 0. The van der Waals surface area contributed by atoms with Crippen LogP contribution in [0, 0.1) is 6.92 Å². The number of ether oxygens (including phenoxy) is 1. The lowest BCUT2D eigenvalue weighted by molar-refractivity contribution is 0.120. The quantitative estimate of drug-likeness (QED) is 0.845. The Morgan fingerprint density at radius 2 is 2.00 bits per heavy atom. The first kappa shape index (κ1) is 12.0. The van der Waals surface area contributed by atoms with E-state index in [4.69, 9.17) is 9.15 Å². The van der Waals surface area contributed by atoms with Crippen molar-refractivity contribution in [2.24, 2.45) is 0 Å². The van der Waals surface area contributed by atoms with Crippen LogP contribution in [-0.2, 0) is 4.74 Å². The van der Waals surface area contributed by atoms with Crippen molar-refractivity contribution in [1.82, 2.24) is 0 Å². The van der Waals surface area contributed by atoms with Gasteiger partial charge in [0.25, 0.3) is 0 Å². The Hall–Kier alpha value is -2.01. The molecule has 0 amide bonds. The topological polar surface area (TPSA) is 62.9 Å². The SMILES string of the molecule is Cc1c(N2CCOCC2)oc2cc(O)ccc2c1=O. The zero-order valence-corrected chi connectivity index (χ0v) is 10.7. The molecule has 1 fully saturated rings. The summed E-state index contributed by atoms with van der Waals surface area (Å²) in [4.78, 5) is 14.3. The number of aromatic hydroxyl groups is 1. The minimum atomic E-state index is -0.0530. The number of phenols is 1. The fourth-order valence-electron chi connectivity index (χ4n) is 2.33. The van der Waals surface area contributed by atoms with Crippen LogP contribution in [0.4, 0.5) is 5.88 Å². The van der Waals surface area contributed by atoms with Crippen molar-refractivity contribution in [3.05, 3.63) is 34.0 Å². The smallest absolute Gasteiger partial charge is 0.203 e. The molecule has 5 nitrogen and oxygen atoms in total. The lowest BCUT2D eigenvalue weighted by Crippen LogP contribution is -2.37. The van der Waals surface area contributed by atoms with E-state index in [9.17, 15) is 9.90 Å². The van der Waals surface area contributed by atoms with Gasteiger partial charge in [-0.25, -0.2) is 0 Å². The zero-order chi connectivity index (χ0) is 13.4. The summed E-state index contributed by atoms with van der Waals surface area (Å²) in [6.45, 7) is 4.42. The molecule has 1 aromatic carbocycles. The number of fused-ring (bicyclic) bond motifs is 1. The average Bonchev–Trinajstić information content (AvgIpc) is 2.43. The molecule has 0 spiro atoms. The number of nitrogens with zero attached hydrogens (tertiary/aromatic N) is 1. The zero-order valence-electron chi connectivity index (χ0n) is 10.7. The Bertz CT molecular complexity index is 671. The van der Waals surface area contributed by atoms with Crippen LogP contribution in [0.3, 0.4) is 0 Å². The van der Waals surface area contributed by atoms with Crippen LogP contribution in [0.15, 0.2) is 27.4 Å². The molecule has 19 heavy (non-hydrogen) atoms. The first-order valence-corrected chi connectivity index (χ1v) is 6.26. The number of anilines is 1. The van der Waals surface area contributed by atoms with Gasteiger partial charge < -0.3 is 19.2 Å². The van der Waals surface area contributed by atoms with E-state index in [1.807, 2.05) is 4.90 Å². The molecular weight excluding hydrogens is 246 g/mol. The van der Waals surface area contributed by atoms with Crippen LogP contribution in [-0.4, -0.2) is 31.4 Å². The van der Waals surface area contributed by atoms with Crippen molar-refractivity contribution in [3.63, 3.8) is 0 Å². The third-order valence-corrected chi connectivity index (χ3v) is 3.38. The van der Waals surface area contributed by atoms with E-state index < -0.39 is 0 Å². The maximum absolute atomic E-state index is 12.3. The number of hydrogen-bond acceptors (Lipinski definition) is 5. The van der Waals surface area contributed by atoms with Crippen molar-refractivity contribution in [3.8, 4) is 5.75 Å². The molecule has 0 atom stereocenters. The first-order chi connectivity index (χ1) is 9.16. The van der Waals surface area contributed by atoms with Crippen LogP contribution in [0.2, 0.25) is 0 Å². The number of hydrogen-bond donors (Lipinski definition) is 1. The summed E-state index contributed by atoms with van der Waals surface area (Å²) >= 11 is 0. The standard InChI is InChI=1S/C14H15NO4/c1-9-13(17)11-3-2-10(16)8-12(11)19-14(9)15-4-6-18-7-5-15/h2-3,8,16H,4-7H2,1H3. The molecule has 0 aliphatic carbocycles. The minimum absolute atomic E-state index is 0.0530. The van der Waals surface area contributed by atoms with Gasteiger partial charge in [-0.1, -0.05) is 0 Å². The maximum Gasteiger partial charge on any atom is 0.203 e.